The zero-order valence-corrected chi connectivity index (χ0v) is 12.9. The fourth-order valence-corrected chi connectivity index (χ4v) is 4.57. The molecule has 1 heterocycles. The SMILES string of the molecule is CCC1CCCN1S(=O)(=O)c1ccc(CCCN)cc1. The van der Waals surface area contributed by atoms with Crippen LogP contribution in [0.5, 0.6) is 0 Å². The Morgan fingerprint density at radius 1 is 1.30 bits per heavy atom. The number of sulfonamides is 1. The summed E-state index contributed by atoms with van der Waals surface area (Å²) in [5.74, 6) is 0. The molecule has 20 heavy (non-hydrogen) atoms. The van der Waals surface area contributed by atoms with Gasteiger partial charge in [-0.1, -0.05) is 19.1 Å². The molecule has 0 amide bonds. The van der Waals surface area contributed by atoms with Crippen LogP contribution in [-0.2, 0) is 16.4 Å². The normalized spacial score (nSPS) is 20.4. The van der Waals surface area contributed by atoms with Crippen molar-refractivity contribution in [1.29, 1.82) is 0 Å². The van der Waals surface area contributed by atoms with E-state index in [0.717, 1.165) is 37.7 Å². The van der Waals surface area contributed by atoms with Crippen LogP contribution in [0.4, 0.5) is 0 Å². The van der Waals surface area contributed by atoms with Gasteiger partial charge in [0.15, 0.2) is 0 Å². The minimum absolute atomic E-state index is 0.164. The third kappa shape index (κ3) is 3.22. The molecule has 1 unspecified atom stereocenters. The summed E-state index contributed by atoms with van der Waals surface area (Å²) in [6.07, 6.45) is 4.65. The Hall–Kier alpha value is -0.910. The van der Waals surface area contributed by atoms with Crippen LogP contribution in [-0.4, -0.2) is 31.9 Å². The minimum Gasteiger partial charge on any atom is -0.330 e. The van der Waals surface area contributed by atoms with E-state index < -0.39 is 10.0 Å². The van der Waals surface area contributed by atoms with Gasteiger partial charge in [-0.25, -0.2) is 8.42 Å². The van der Waals surface area contributed by atoms with Crippen LogP contribution in [0.25, 0.3) is 0 Å². The predicted octanol–water partition coefficient (Wildman–Crippen LogP) is 2.14. The summed E-state index contributed by atoms with van der Waals surface area (Å²) in [5, 5.41) is 0. The molecule has 0 saturated carbocycles. The van der Waals surface area contributed by atoms with Gasteiger partial charge in [0, 0.05) is 12.6 Å². The van der Waals surface area contributed by atoms with Gasteiger partial charge in [-0.2, -0.15) is 4.31 Å². The van der Waals surface area contributed by atoms with E-state index in [1.807, 2.05) is 12.1 Å². The standard InChI is InChI=1S/C15H24N2O2S/c1-2-14-6-4-12-17(14)20(18,19)15-9-7-13(8-10-15)5-3-11-16/h7-10,14H,2-6,11-12,16H2,1H3. The van der Waals surface area contributed by atoms with Gasteiger partial charge < -0.3 is 5.73 Å². The number of nitrogens with zero attached hydrogens (tertiary/aromatic N) is 1. The average molecular weight is 296 g/mol. The molecule has 0 aromatic heterocycles. The monoisotopic (exact) mass is 296 g/mol. The van der Waals surface area contributed by atoms with Gasteiger partial charge >= 0.3 is 0 Å². The van der Waals surface area contributed by atoms with Crippen LogP contribution in [0, 0.1) is 0 Å². The van der Waals surface area contributed by atoms with Gasteiger partial charge in [0.05, 0.1) is 4.90 Å². The van der Waals surface area contributed by atoms with Crippen LogP contribution in [0.3, 0.4) is 0 Å². The number of aryl methyl sites for hydroxylation is 1. The molecule has 0 bridgehead atoms. The summed E-state index contributed by atoms with van der Waals surface area (Å²) in [5.41, 5.74) is 6.63. The maximum Gasteiger partial charge on any atom is 0.243 e. The average Bonchev–Trinajstić information content (AvgIpc) is 2.95. The Morgan fingerprint density at radius 2 is 2.00 bits per heavy atom. The smallest absolute Gasteiger partial charge is 0.243 e. The molecule has 112 valence electrons. The lowest BCUT2D eigenvalue weighted by Gasteiger charge is -2.23. The van der Waals surface area contributed by atoms with E-state index in [1.54, 1.807) is 16.4 Å². The lowest BCUT2D eigenvalue weighted by molar-refractivity contribution is 0.379. The van der Waals surface area contributed by atoms with Gasteiger partial charge in [0.2, 0.25) is 10.0 Å². The van der Waals surface area contributed by atoms with Crippen LogP contribution in [0.2, 0.25) is 0 Å². The Kier molecular flexibility index (Phi) is 5.18. The van der Waals surface area contributed by atoms with E-state index in [2.05, 4.69) is 6.92 Å². The Morgan fingerprint density at radius 3 is 2.60 bits per heavy atom. The fourth-order valence-electron chi connectivity index (χ4n) is 2.80. The summed E-state index contributed by atoms with van der Waals surface area (Å²) in [4.78, 5) is 0.411. The maximum atomic E-state index is 12.6. The number of hydrogen-bond donors (Lipinski definition) is 1. The van der Waals surface area contributed by atoms with Crippen molar-refractivity contribution in [1.82, 2.24) is 4.31 Å². The van der Waals surface area contributed by atoms with Crippen molar-refractivity contribution in [3.05, 3.63) is 29.8 Å². The minimum atomic E-state index is -3.33. The molecule has 1 aromatic carbocycles. The van der Waals surface area contributed by atoms with Crippen molar-refractivity contribution in [2.24, 2.45) is 5.73 Å². The zero-order chi connectivity index (χ0) is 14.6. The highest BCUT2D eigenvalue weighted by atomic mass is 32.2. The van der Waals surface area contributed by atoms with E-state index in [9.17, 15) is 8.42 Å². The largest absolute Gasteiger partial charge is 0.330 e. The highest BCUT2D eigenvalue weighted by molar-refractivity contribution is 7.89. The highest BCUT2D eigenvalue weighted by Gasteiger charge is 2.33. The summed E-state index contributed by atoms with van der Waals surface area (Å²) >= 11 is 0. The second kappa shape index (κ2) is 6.70. The molecule has 5 heteroatoms. The molecule has 1 aliphatic heterocycles. The van der Waals surface area contributed by atoms with Crippen molar-refractivity contribution >= 4 is 10.0 Å². The van der Waals surface area contributed by atoms with E-state index in [0.29, 0.717) is 18.0 Å². The highest BCUT2D eigenvalue weighted by Crippen LogP contribution is 2.27. The summed E-state index contributed by atoms with van der Waals surface area (Å²) in [7, 11) is -3.33. The number of hydrogen-bond acceptors (Lipinski definition) is 3. The fraction of sp³-hybridized carbons (Fsp3) is 0.600. The predicted molar refractivity (Wildman–Crippen MR) is 81.0 cm³/mol. The van der Waals surface area contributed by atoms with Gasteiger partial charge in [-0.15, -0.1) is 0 Å². The third-order valence-corrected chi connectivity index (χ3v) is 5.96. The Labute approximate surface area is 122 Å². The molecule has 0 spiro atoms. The van der Waals surface area contributed by atoms with Crippen LogP contribution >= 0.6 is 0 Å². The summed E-state index contributed by atoms with van der Waals surface area (Å²) in [6.45, 7) is 3.36. The first-order chi connectivity index (χ1) is 9.59. The lowest BCUT2D eigenvalue weighted by Crippen LogP contribution is -2.35. The first-order valence-corrected chi connectivity index (χ1v) is 8.84. The molecule has 0 aliphatic carbocycles. The van der Waals surface area contributed by atoms with Crippen molar-refractivity contribution in [3.63, 3.8) is 0 Å². The van der Waals surface area contributed by atoms with Crippen LogP contribution < -0.4 is 5.73 Å². The molecule has 2 N–H and O–H groups in total. The third-order valence-electron chi connectivity index (χ3n) is 3.99. The number of benzene rings is 1. The van der Waals surface area contributed by atoms with Crippen LogP contribution in [0.1, 0.15) is 38.2 Å². The molecule has 1 atom stereocenters. The van der Waals surface area contributed by atoms with E-state index in [-0.39, 0.29) is 6.04 Å². The Bertz CT molecular complexity index is 525. The van der Waals surface area contributed by atoms with Gasteiger partial charge in [0.25, 0.3) is 0 Å². The van der Waals surface area contributed by atoms with Crippen molar-refractivity contribution in [2.45, 2.75) is 50.0 Å². The lowest BCUT2D eigenvalue weighted by atomic mass is 10.1. The molecule has 1 fully saturated rings. The second-order valence-corrected chi connectivity index (χ2v) is 7.25. The summed E-state index contributed by atoms with van der Waals surface area (Å²) in [6, 6.07) is 7.43. The number of nitrogens with two attached hydrogens (primary N) is 1. The van der Waals surface area contributed by atoms with Gasteiger partial charge in [-0.05, 0) is 56.3 Å². The first kappa shape index (κ1) is 15.5. The zero-order valence-electron chi connectivity index (χ0n) is 12.1. The topological polar surface area (TPSA) is 63.4 Å². The molecule has 2 rings (SSSR count). The molecule has 1 aliphatic rings. The van der Waals surface area contributed by atoms with Crippen molar-refractivity contribution < 1.29 is 8.42 Å². The van der Waals surface area contributed by atoms with Gasteiger partial charge in [-0.3, -0.25) is 0 Å². The Balaban J connectivity index is 2.17. The molecule has 1 aromatic rings. The molecule has 1 saturated heterocycles. The first-order valence-electron chi connectivity index (χ1n) is 7.40. The molecular weight excluding hydrogens is 272 g/mol. The quantitative estimate of drug-likeness (QED) is 0.875. The second-order valence-electron chi connectivity index (χ2n) is 5.36. The maximum absolute atomic E-state index is 12.6. The van der Waals surface area contributed by atoms with E-state index in [4.69, 9.17) is 5.73 Å². The molecular formula is C15H24N2O2S. The van der Waals surface area contributed by atoms with Gasteiger partial charge in [0.1, 0.15) is 0 Å². The molecule has 4 nitrogen and oxygen atoms in total. The van der Waals surface area contributed by atoms with Crippen molar-refractivity contribution in [3.8, 4) is 0 Å². The summed E-state index contributed by atoms with van der Waals surface area (Å²) < 4.78 is 26.9. The van der Waals surface area contributed by atoms with E-state index >= 15 is 0 Å². The van der Waals surface area contributed by atoms with Crippen LogP contribution in [0.15, 0.2) is 29.2 Å². The number of rotatable bonds is 6. The van der Waals surface area contributed by atoms with E-state index in [1.165, 1.54) is 0 Å². The molecule has 0 radical (unpaired) electrons. The van der Waals surface area contributed by atoms with Crippen molar-refractivity contribution in [2.75, 3.05) is 13.1 Å².